The highest BCUT2D eigenvalue weighted by Crippen LogP contribution is 2.36. The van der Waals surface area contributed by atoms with Crippen molar-refractivity contribution in [3.05, 3.63) is 47.4 Å². The molecule has 0 radical (unpaired) electrons. The third kappa shape index (κ3) is 2.55. The van der Waals surface area contributed by atoms with Crippen LogP contribution in [0, 0.1) is 12.7 Å². The molecule has 2 atom stereocenters. The van der Waals surface area contributed by atoms with Crippen LogP contribution in [-0.4, -0.2) is 45.0 Å². The molecule has 0 spiro atoms. The summed E-state index contributed by atoms with van der Waals surface area (Å²) in [6, 6.07) is 4.97. The molecule has 5 rings (SSSR count). The number of halogens is 1. The zero-order chi connectivity index (χ0) is 16.7. The maximum atomic E-state index is 14.5. The molecule has 5 nitrogen and oxygen atoms in total. The first-order chi connectivity index (χ1) is 11.7. The fourth-order valence-corrected chi connectivity index (χ4v) is 3.84. The van der Waals surface area contributed by atoms with Crippen LogP contribution >= 0.6 is 0 Å². The average molecular weight is 327 g/mol. The highest BCUT2D eigenvalue weighted by atomic mass is 19.1. The van der Waals surface area contributed by atoms with Gasteiger partial charge in [-0.2, -0.15) is 0 Å². The van der Waals surface area contributed by atoms with Crippen LogP contribution in [0.4, 0.5) is 10.2 Å². The van der Waals surface area contributed by atoms with Crippen LogP contribution in [0.1, 0.15) is 30.3 Å². The van der Waals surface area contributed by atoms with E-state index in [1.807, 2.05) is 19.2 Å². The summed E-state index contributed by atoms with van der Waals surface area (Å²) >= 11 is 0. The van der Waals surface area contributed by atoms with Gasteiger partial charge in [-0.15, -0.1) is 0 Å². The fourth-order valence-electron chi connectivity index (χ4n) is 3.84. The Balaban J connectivity index is 1.48. The lowest BCUT2D eigenvalue weighted by Gasteiger charge is -2.56. The van der Waals surface area contributed by atoms with E-state index in [1.165, 1.54) is 18.3 Å². The normalized spacial score (nSPS) is 23.2. The SMILES string of the molecule is CCc1ncnc(N2CC3CC(C2)N3Cc2ncccc2C)c1F. The molecule has 0 aromatic carbocycles. The van der Waals surface area contributed by atoms with E-state index in [2.05, 4.69) is 37.7 Å². The Labute approximate surface area is 141 Å². The van der Waals surface area contributed by atoms with Gasteiger partial charge in [0.1, 0.15) is 6.33 Å². The molecule has 3 aliphatic heterocycles. The van der Waals surface area contributed by atoms with Crippen LogP contribution in [0.25, 0.3) is 0 Å². The van der Waals surface area contributed by atoms with Gasteiger partial charge in [0.25, 0.3) is 0 Å². The van der Waals surface area contributed by atoms with Crippen molar-refractivity contribution >= 4 is 5.82 Å². The van der Waals surface area contributed by atoms with E-state index in [-0.39, 0.29) is 5.82 Å². The highest BCUT2D eigenvalue weighted by molar-refractivity contribution is 5.43. The van der Waals surface area contributed by atoms with Gasteiger partial charge in [-0.25, -0.2) is 14.4 Å². The standard InChI is InChI=1S/C18H22FN5/c1-3-15-17(19)18(22-11-21-15)23-8-13-7-14(9-23)24(13)10-16-12(2)5-4-6-20-16/h4-6,11,13-14H,3,7-10H2,1-2H3. The number of anilines is 1. The molecule has 0 amide bonds. The maximum Gasteiger partial charge on any atom is 0.187 e. The number of hydrogen-bond acceptors (Lipinski definition) is 5. The summed E-state index contributed by atoms with van der Waals surface area (Å²) in [6.45, 7) is 6.54. The molecule has 126 valence electrons. The third-order valence-corrected chi connectivity index (χ3v) is 5.27. The van der Waals surface area contributed by atoms with Crippen LogP contribution in [0.2, 0.25) is 0 Å². The Hall–Kier alpha value is -2.08. The van der Waals surface area contributed by atoms with E-state index in [1.54, 1.807) is 0 Å². The van der Waals surface area contributed by atoms with E-state index < -0.39 is 0 Å². The Morgan fingerprint density at radius 2 is 1.96 bits per heavy atom. The molecule has 0 aliphatic carbocycles. The number of hydrogen-bond donors (Lipinski definition) is 0. The van der Waals surface area contributed by atoms with E-state index in [9.17, 15) is 4.39 Å². The second kappa shape index (κ2) is 6.09. The van der Waals surface area contributed by atoms with E-state index >= 15 is 0 Å². The minimum absolute atomic E-state index is 0.256. The molecule has 2 aromatic rings. The predicted molar refractivity (Wildman–Crippen MR) is 90.3 cm³/mol. The lowest BCUT2D eigenvalue weighted by atomic mass is 9.87. The van der Waals surface area contributed by atoms with Crippen molar-refractivity contribution in [2.24, 2.45) is 0 Å². The lowest BCUT2D eigenvalue weighted by molar-refractivity contribution is -0.0101. The number of rotatable bonds is 4. The Bertz CT molecular complexity index is 738. The first kappa shape index (κ1) is 15.4. The summed E-state index contributed by atoms with van der Waals surface area (Å²) < 4.78 is 14.5. The second-order valence-electron chi connectivity index (χ2n) is 6.70. The number of pyridine rings is 1. The molecule has 3 fully saturated rings. The first-order valence-electron chi connectivity index (χ1n) is 8.58. The molecule has 3 saturated heterocycles. The summed E-state index contributed by atoms with van der Waals surface area (Å²) in [7, 11) is 0. The van der Waals surface area contributed by atoms with Crippen LogP contribution in [0.3, 0.4) is 0 Å². The molecule has 2 bridgehead atoms. The number of piperazine rings is 1. The van der Waals surface area contributed by atoms with Gasteiger partial charge in [-0.1, -0.05) is 13.0 Å². The molecule has 24 heavy (non-hydrogen) atoms. The van der Waals surface area contributed by atoms with Gasteiger partial charge in [0, 0.05) is 37.9 Å². The summed E-state index contributed by atoms with van der Waals surface area (Å²) in [5.74, 6) is 0.207. The molecule has 0 N–H and O–H groups in total. The van der Waals surface area contributed by atoms with Gasteiger partial charge >= 0.3 is 0 Å². The molecule has 5 heterocycles. The zero-order valence-electron chi connectivity index (χ0n) is 14.1. The van der Waals surface area contributed by atoms with Gasteiger partial charge in [0.15, 0.2) is 11.6 Å². The number of aromatic nitrogens is 3. The number of fused-ring (bicyclic) bond motifs is 2. The molecule has 0 saturated carbocycles. The number of nitrogens with zero attached hydrogens (tertiary/aromatic N) is 5. The fraction of sp³-hybridized carbons (Fsp3) is 0.500. The Morgan fingerprint density at radius 1 is 1.17 bits per heavy atom. The minimum atomic E-state index is -0.256. The molecule has 2 unspecified atom stereocenters. The average Bonchev–Trinajstić information content (AvgIpc) is 2.61. The predicted octanol–water partition coefficient (Wildman–Crippen LogP) is 2.34. The van der Waals surface area contributed by atoms with Crippen molar-refractivity contribution in [1.82, 2.24) is 19.9 Å². The van der Waals surface area contributed by atoms with Gasteiger partial charge in [0.05, 0.1) is 11.4 Å². The van der Waals surface area contributed by atoms with Crippen LogP contribution in [0.5, 0.6) is 0 Å². The molecular formula is C18H22FN5. The van der Waals surface area contributed by atoms with Crippen LogP contribution in [0.15, 0.2) is 24.7 Å². The van der Waals surface area contributed by atoms with Gasteiger partial charge in [-0.3, -0.25) is 9.88 Å². The van der Waals surface area contributed by atoms with Crippen molar-refractivity contribution < 1.29 is 4.39 Å². The highest BCUT2D eigenvalue weighted by Gasteiger charge is 2.45. The minimum Gasteiger partial charge on any atom is -0.351 e. The smallest absolute Gasteiger partial charge is 0.187 e. The third-order valence-electron chi connectivity index (χ3n) is 5.27. The summed E-state index contributed by atoms with van der Waals surface area (Å²) in [4.78, 5) is 17.3. The monoisotopic (exact) mass is 327 g/mol. The van der Waals surface area contributed by atoms with E-state index in [4.69, 9.17) is 0 Å². The van der Waals surface area contributed by atoms with Crippen LogP contribution < -0.4 is 4.90 Å². The number of aryl methyl sites for hydroxylation is 2. The van der Waals surface area contributed by atoms with E-state index in [0.717, 1.165) is 25.3 Å². The number of piperidine rings is 1. The largest absolute Gasteiger partial charge is 0.351 e. The Kier molecular flexibility index (Phi) is 3.92. The Morgan fingerprint density at radius 3 is 2.67 bits per heavy atom. The molecular weight excluding hydrogens is 305 g/mol. The zero-order valence-corrected chi connectivity index (χ0v) is 14.1. The molecule has 3 aliphatic rings. The topological polar surface area (TPSA) is 45.2 Å². The van der Waals surface area contributed by atoms with Gasteiger partial charge in [0.2, 0.25) is 0 Å². The van der Waals surface area contributed by atoms with Crippen molar-refractivity contribution in [3.8, 4) is 0 Å². The van der Waals surface area contributed by atoms with Gasteiger partial charge < -0.3 is 4.90 Å². The summed E-state index contributed by atoms with van der Waals surface area (Å²) in [6.07, 6.45) is 5.10. The quantitative estimate of drug-likeness (QED) is 0.862. The van der Waals surface area contributed by atoms with Crippen molar-refractivity contribution in [2.45, 2.75) is 45.3 Å². The summed E-state index contributed by atoms with van der Waals surface area (Å²) in [5, 5.41) is 0. The van der Waals surface area contributed by atoms with E-state index in [0.29, 0.717) is 30.0 Å². The van der Waals surface area contributed by atoms with Crippen molar-refractivity contribution in [2.75, 3.05) is 18.0 Å². The van der Waals surface area contributed by atoms with Crippen LogP contribution in [-0.2, 0) is 13.0 Å². The maximum absolute atomic E-state index is 14.5. The van der Waals surface area contributed by atoms with Crippen molar-refractivity contribution in [3.63, 3.8) is 0 Å². The summed E-state index contributed by atoms with van der Waals surface area (Å²) in [5.41, 5.74) is 2.87. The first-order valence-corrected chi connectivity index (χ1v) is 8.58. The molecule has 6 heteroatoms. The lowest BCUT2D eigenvalue weighted by Crippen LogP contribution is -2.68. The van der Waals surface area contributed by atoms with Gasteiger partial charge in [-0.05, 0) is 31.4 Å². The van der Waals surface area contributed by atoms with Crippen molar-refractivity contribution in [1.29, 1.82) is 0 Å². The molecule has 2 aromatic heterocycles. The second-order valence-corrected chi connectivity index (χ2v) is 6.70.